The predicted molar refractivity (Wildman–Crippen MR) is 129 cm³/mol. The molecular formula is C26H39F3N2O5. The molecule has 1 aromatic carbocycles. The van der Waals surface area contributed by atoms with E-state index in [0.717, 1.165) is 25.7 Å². The number of morpholine rings is 1. The maximum absolute atomic E-state index is 14.3. The highest BCUT2D eigenvalue weighted by molar-refractivity contribution is 5.73. The monoisotopic (exact) mass is 516 g/mol. The average molecular weight is 517 g/mol. The molecular weight excluding hydrogens is 477 g/mol. The van der Waals surface area contributed by atoms with Crippen LogP contribution in [0.2, 0.25) is 0 Å². The lowest BCUT2D eigenvalue weighted by molar-refractivity contribution is -0.205. The second kappa shape index (κ2) is 13.1. The van der Waals surface area contributed by atoms with Gasteiger partial charge in [-0.25, -0.2) is 4.39 Å². The maximum Gasteiger partial charge on any atom is 0.217 e. The van der Waals surface area contributed by atoms with Crippen molar-refractivity contribution in [3.63, 3.8) is 0 Å². The Bertz CT molecular complexity index is 851. The minimum Gasteiger partial charge on any atom is -0.490 e. The van der Waals surface area contributed by atoms with Gasteiger partial charge in [0.2, 0.25) is 5.91 Å². The third-order valence-electron chi connectivity index (χ3n) is 6.77. The number of carbonyl (C=O) groups excluding carboxylic acids is 1. The number of aliphatic hydroxyl groups excluding tert-OH is 1. The first-order valence-corrected chi connectivity index (χ1v) is 12.6. The molecule has 1 heterocycles. The van der Waals surface area contributed by atoms with Gasteiger partial charge in [-0.1, -0.05) is 6.92 Å². The number of halogens is 3. The number of aliphatic hydroxyl groups is 1. The highest BCUT2D eigenvalue weighted by atomic mass is 19.1. The highest BCUT2D eigenvalue weighted by Crippen LogP contribution is 2.27. The molecule has 1 aliphatic carbocycles. The van der Waals surface area contributed by atoms with Crippen LogP contribution in [0.15, 0.2) is 18.2 Å². The molecule has 2 aliphatic rings. The standard InChI is InChI=1S/C26H39F3N2O5/c1-16-25(35-15-26(3,13-27)14-28)34-12-23(30-16)24(33)22(31-17(2)32)10-18-8-19(29)11-21(9-18)36-20-6-4-5-7-20/h8-9,11,16,20,22-25,30,33H,4-7,10,12-15H2,1-3H3,(H,31,32)/t16-,22-,23+,24-,25-/m0/s1. The lowest BCUT2D eigenvalue weighted by atomic mass is 9.94. The Kier molecular flexibility index (Phi) is 10.4. The number of amides is 1. The summed E-state index contributed by atoms with van der Waals surface area (Å²) in [5.74, 6) is -0.340. The first-order chi connectivity index (χ1) is 17.1. The van der Waals surface area contributed by atoms with Gasteiger partial charge < -0.3 is 30.0 Å². The zero-order valence-corrected chi connectivity index (χ0v) is 21.3. The Labute approximate surface area is 211 Å². The van der Waals surface area contributed by atoms with E-state index in [2.05, 4.69) is 10.6 Å². The van der Waals surface area contributed by atoms with Crippen molar-refractivity contribution in [2.24, 2.45) is 5.41 Å². The van der Waals surface area contributed by atoms with E-state index < -0.39 is 49.1 Å². The molecule has 2 fully saturated rings. The Balaban J connectivity index is 1.63. The summed E-state index contributed by atoms with van der Waals surface area (Å²) in [5.41, 5.74) is -0.648. The van der Waals surface area contributed by atoms with Gasteiger partial charge in [-0.15, -0.1) is 0 Å². The molecule has 1 saturated carbocycles. The molecule has 0 aromatic heterocycles. The fourth-order valence-corrected chi connectivity index (χ4v) is 4.65. The minimum absolute atomic E-state index is 0.0490. The van der Waals surface area contributed by atoms with Crippen molar-refractivity contribution in [3.8, 4) is 5.75 Å². The van der Waals surface area contributed by atoms with Gasteiger partial charge in [-0.3, -0.25) is 13.6 Å². The van der Waals surface area contributed by atoms with E-state index in [9.17, 15) is 23.1 Å². The minimum atomic E-state index is -1.23. The highest BCUT2D eigenvalue weighted by Gasteiger charge is 2.37. The van der Waals surface area contributed by atoms with E-state index >= 15 is 0 Å². The van der Waals surface area contributed by atoms with Crippen molar-refractivity contribution in [1.82, 2.24) is 10.6 Å². The third kappa shape index (κ3) is 8.06. The van der Waals surface area contributed by atoms with Crippen molar-refractivity contribution in [1.29, 1.82) is 0 Å². The molecule has 36 heavy (non-hydrogen) atoms. The zero-order chi connectivity index (χ0) is 26.3. The quantitative estimate of drug-likeness (QED) is 0.396. The summed E-state index contributed by atoms with van der Waals surface area (Å²) in [6, 6.07) is 2.78. The number of hydrogen-bond donors (Lipinski definition) is 3. The van der Waals surface area contributed by atoms with Gasteiger partial charge in [0.15, 0.2) is 6.29 Å². The van der Waals surface area contributed by atoms with Crippen molar-refractivity contribution in [2.75, 3.05) is 26.6 Å². The Morgan fingerprint density at radius 2 is 1.97 bits per heavy atom. The van der Waals surface area contributed by atoms with Crippen LogP contribution in [0, 0.1) is 11.2 Å². The Morgan fingerprint density at radius 3 is 2.58 bits per heavy atom. The van der Waals surface area contributed by atoms with Gasteiger partial charge in [0.05, 0.1) is 56.9 Å². The number of benzene rings is 1. The second-order valence-electron chi connectivity index (χ2n) is 10.5. The molecule has 1 saturated heterocycles. The van der Waals surface area contributed by atoms with Crippen LogP contribution >= 0.6 is 0 Å². The van der Waals surface area contributed by atoms with Crippen molar-refractivity contribution in [3.05, 3.63) is 29.6 Å². The Hall–Kier alpha value is -1.88. The number of ether oxygens (including phenoxy) is 3. The number of rotatable bonds is 12. The lowest BCUT2D eigenvalue weighted by Gasteiger charge is -2.40. The van der Waals surface area contributed by atoms with E-state index in [1.807, 2.05) is 0 Å². The molecule has 1 aliphatic heterocycles. The van der Waals surface area contributed by atoms with Gasteiger partial charge >= 0.3 is 0 Å². The molecule has 0 radical (unpaired) electrons. The molecule has 7 nitrogen and oxygen atoms in total. The molecule has 10 heteroatoms. The van der Waals surface area contributed by atoms with E-state index in [0.29, 0.717) is 11.3 Å². The van der Waals surface area contributed by atoms with Crippen LogP contribution in [-0.2, 0) is 20.7 Å². The predicted octanol–water partition coefficient (Wildman–Crippen LogP) is 3.22. The summed E-state index contributed by atoms with van der Waals surface area (Å²) in [6.07, 6.45) is 2.50. The molecule has 204 valence electrons. The van der Waals surface area contributed by atoms with E-state index in [1.165, 1.54) is 26.0 Å². The second-order valence-corrected chi connectivity index (χ2v) is 10.5. The molecule has 3 rings (SSSR count). The summed E-state index contributed by atoms with van der Waals surface area (Å²) in [4.78, 5) is 11.9. The molecule has 1 amide bonds. The maximum atomic E-state index is 14.3. The van der Waals surface area contributed by atoms with E-state index in [4.69, 9.17) is 14.2 Å². The van der Waals surface area contributed by atoms with Crippen LogP contribution in [-0.4, -0.2) is 74.2 Å². The first-order valence-electron chi connectivity index (χ1n) is 12.6. The van der Waals surface area contributed by atoms with Crippen LogP contribution in [0.3, 0.4) is 0 Å². The molecule has 0 spiro atoms. The first kappa shape index (κ1) is 28.7. The third-order valence-corrected chi connectivity index (χ3v) is 6.77. The summed E-state index contributed by atoms with van der Waals surface area (Å²) in [5, 5.41) is 17.1. The molecule has 5 atom stereocenters. The number of carbonyl (C=O) groups is 1. The summed E-state index contributed by atoms with van der Waals surface area (Å²) in [6.45, 7) is 2.77. The number of alkyl halides is 2. The van der Waals surface area contributed by atoms with E-state index in [-0.39, 0.29) is 37.7 Å². The zero-order valence-electron chi connectivity index (χ0n) is 21.3. The average Bonchev–Trinajstić information content (AvgIpc) is 3.34. The topological polar surface area (TPSA) is 89.1 Å². The lowest BCUT2D eigenvalue weighted by Crippen LogP contribution is -2.62. The van der Waals surface area contributed by atoms with Crippen LogP contribution in [0.5, 0.6) is 5.75 Å². The van der Waals surface area contributed by atoms with Crippen molar-refractivity contribution >= 4 is 5.91 Å². The number of nitrogens with one attached hydrogen (secondary N) is 2. The molecule has 0 bridgehead atoms. The van der Waals surface area contributed by atoms with Crippen LogP contribution < -0.4 is 15.4 Å². The SMILES string of the molecule is CC(=O)N[C@@H](Cc1cc(F)cc(OC2CCCC2)c1)[C@H](O)[C@H]1CO[C@@H](OCC(C)(CF)CF)[C@H](C)N1. The van der Waals surface area contributed by atoms with Gasteiger partial charge in [0, 0.05) is 18.4 Å². The molecule has 0 unspecified atom stereocenters. The summed E-state index contributed by atoms with van der Waals surface area (Å²) < 4.78 is 57.9. The van der Waals surface area contributed by atoms with E-state index in [1.54, 1.807) is 13.0 Å². The number of hydrogen-bond acceptors (Lipinski definition) is 6. The van der Waals surface area contributed by atoms with Gasteiger partial charge in [-0.2, -0.15) is 0 Å². The van der Waals surface area contributed by atoms with Gasteiger partial charge in [0.25, 0.3) is 0 Å². The van der Waals surface area contributed by atoms with Gasteiger partial charge in [0.1, 0.15) is 11.6 Å². The Morgan fingerprint density at radius 1 is 1.28 bits per heavy atom. The van der Waals surface area contributed by atoms with Crippen LogP contribution in [0.4, 0.5) is 13.2 Å². The molecule has 1 aromatic rings. The van der Waals surface area contributed by atoms with Crippen molar-refractivity contribution in [2.45, 2.75) is 89.5 Å². The molecule has 3 N–H and O–H groups in total. The van der Waals surface area contributed by atoms with Crippen molar-refractivity contribution < 1.29 is 37.3 Å². The fraction of sp³-hybridized carbons (Fsp3) is 0.731. The van der Waals surface area contributed by atoms with Crippen LogP contribution in [0.1, 0.15) is 52.0 Å². The van der Waals surface area contributed by atoms with Crippen LogP contribution in [0.25, 0.3) is 0 Å². The smallest absolute Gasteiger partial charge is 0.217 e. The summed E-state index contributed by atoms with van der Waals surface area (Å²) >= 11 is 0. The summed E-state index contributed by atoms with van der Waals surface area (Å²) in [7, 11) is 0. The largest absolute Gasteiger partial charge is 0.490 e. The normalized spacial score (nSPS) is 24.9. The van der Waals surface area contributed by atoms with Gasteiger partial charge in [-0.05, 0) is 56.7 Å². The fourth-order valence-electron chi connectivity index (χ4n) is 4.65.